The third-order valence-corrected chi connectivity index (χ3v) is 3.88. The molecule has 0 saturated heterocycles. The van der Waals surface area contributed by atoms with E-state index in [1.807, 2.05) is 26.0 Å². The molecule has 0 bridgehead atoms. The maximum atomic E-state index is 12.2. The molecule has 0 fully saturated rings. The molecule has 0 unspecified atom stereocenters. The molecule has 0 aliphatic rings. The molecule has 2 aromatic heterocycles. The molecule has 0 aliphatic carbocycles. The first-order valence-electron chi connectivity index (χ1n) is 7.83. The van der Waals surface area contributed by atoms with Gasteiger partial charge in [0.1, 0.15) is 12.7 Å². The van der Waals surface area contributed by atoms with Crippen molar-refractivity contribution in [1.29, 1.82) is 0 Å². The molecule has 0 atom stereocenters. The maximum absolute atomic E-state index is 12.2. The topological polar surface area (TPSA) is 94.7 Å². The van der Waals surface area contributed by atoms with Crippen molar-refractivity contribution in [2.75, 3.05) is 6.54 Å². The van der Waals surface area contributed by atoms with Gasteiger partial charge in [0.2, 0.25) is 0 Å². The molecule has 0 radical (unpaired) electrons. The van der Waals surface area contributed by atoms with Crippen molar-refractivity contribution in [3.63, 3.8) is 0 Å². The average Bonchev–Trinajstić information content (AvgIpc) is 3.13. The van der Waals surface area contributed by atoms with Crippen LogP contribution in [0, 0.1) is 13.8 Å². The molecular formula is C17H18N6O2. The Bertz CT molecular complexity index is 946. The predicted octanol–water partition coefficient (Wildman–Crippen LogP) is 0.871. The molecule has 3 rings (SSSR count). The van der Waals surface area contributed by atoms with Crippen molar-refractivity contribution in [3.8, 4) is 5.82 Å². The molecule has 0 aliphatic heterocycles. The van der Waals surface area contributed by atoms with Gasteiger partial charge in [0.15, 0.2) is 5.82 Å². The highest BCUT2D eigenvalue weighted by Gasteiger charge is 2.07. The van der Waals surface area contributed by atoms with Gasteiger partial charge < -0.3 is 5.32 Å². The van der Waals surface area contributed by atoms with Crippen LogP contribution in [-0.2, 0) is 6.54 Å². The molecule has 0 saturated carbocycles. The van der Waals surface area contributed by atoms with Crippen LogP contribution in [0.4, 0.5) is 0 Å². The lowest BCUT2D eigenvalue weighted by atomic mass is 10.1. The lowest BCUT2D eigenvalue weighted by Crippen LogP contribution is -2.32. The lowest BCUT2D eigenvalue weighted by Gasteiger charge is -2.09. The molecule has 3 aromatic rings. The van der Waals surface area contributed by atoms with Crippen molar-refractivity contribution in [2.45, 2.75) is 20.4 Å². The third kappa shape index (κ3) is 3.79. The van der Waals surface area contributed by atoms with Gasteiger partial charge >= 0.3 is 0 Å². The van der Waals surface area contributed by atoms with E-state index in [0.29, 0.717) is 17.9 Å². The first-order valence-corrected chi connectivity index (χ1v) is 7.83. The Balaban J connectivity index is 1.65. The summed E-state index contributed by atoms with van der Waals surface area (Å²) < 4.78 is 2.75. The highest BCUT2D eigenvalue weighted by atomic mass is 16.2. The van der Waals surface area contributed by atoms with Crippen LogP contribution in [0.5, 0.6) is 0 Å². The molecular weight excluding hydrogens is 320 g/mol. The standard InChI is InChI=1S/C17H18N6O2/c1-12-3-4-14(9-13(12)2)17(25)19-7-8-22-16(24)6-5-15(21-22)23-11-18-10-20-23/h3-6,9-11H,7-8H2,1-2H3,(H,19,25). The number of carbonyl (C=O) groups excluding carboxylic acids is 1. The zero-order chi connectivity index (χ0) is 17.8. The van der Waals surface area contributed by atoms with E-state index in [0.717, 1.165) is 11.1 Å². The number of hydrogen-bond donors (Lipinski definition) is 1. The monoisotopic (exact) mass is 338 g/mol. The minimum absolute atomic E-state index is 0.177. The Labute approximate surface area is 144 Å². The number of nitrogens with one attached hydrogen (secondary N) is 1. The maximum Gasteiger partial charge on any atom is 0.266 e. The summed E-state index contributed by atoms with van der Waals surface area (Å²) in [6.45, 7) is 4.51. The summed E-state index contributed by atoms with van der Waals surface area (Å²) in [7, 11) is 0. The van der Waals surface area contributed by atoms with Crippen LogP contribution in [0.1, 0.15) is 21.5 Å². The van der Waals surface area contributed by atoms with Gasteiger partial charge in [-0.05, 0) is 43.2 Å². The van der Waals surface area contributed by atoms with Crippen LogP contribution in [0.3, 0.4) is 0 Å². The molecule has 8 nitrogen and oxygen atoms in total. The van der Waals surface area contributed by atoms with Crippen LogP contribution < -0.4 is 10.9 Å². The van der Waals surface area contributed by atoms with Crippen molar-refractivity contribution in [1.82, 2.24) is 29.9 Å². The van der Waals surface area contributed by atoms with Crippen molar-refractivity contribution in [3.05, 3.63) is 70.0 Å². The smallest absolute Gasteiger partial charge is 0.266 e. The number of hydrogen-bond acceptors (Lipinski definition) is 5. The molecule has 1 N–H and O–H groups in total. The van der Waals surface area contributed by atoms with E-state index in [4.69, 9.17) is 0 Å². The SMILES string of the molecule is Cc1ccc(C(=O)NCCn2nc(-n3cncn3)ccc2=O)cc1C. The molecule has 1 amide bonds. The van der Waals surface area contributed by atoms with Gasteiger partial charge in [-0.2, -0.15) is 5.10 Å². The Morgan fingerprint density at radius 2 is 2.00 bits per heavy atom. The fourth-order valence-electron chi connectivity index (χ4n) is 2.31. The molecule has 2 heterocycles. The largest absolute Gasteiger partial charge is 0.350 e. The zero-order valence-corrected chi connectivity index (χ0v) is 14.0. The minimum Gasteiger partial charge on any atom is -0.350 e. The fourth-order valence-corrected chi connectivity index (χ4v) is 2.31. The van der Waals surface area contributed by atoms with E-state index in [1.54, 1.807) is 12.1 Å². The number of carbonyl (C=O) groups is 1. The highest BCUT2D eigenvalue weighted by molar-refractivity contribution is 5.94. The van der Waals surface area contributed by atoms with Gasteiger partial charge in [0, 0.05) is 18.2 Å². The normalized spacial score (nSPS) is 10.6. The van der Waals surface area contributed by atoms with Crippen LogP contribution in [0.2, 0.25) is 0 Å². The van der Waals surface area contributed by atoms with E-state index >= 15 is 0 Å². The number of aryl methyl sites for hydroxylation is 2. The Hall–Kier alpha value is -3.29. The van der Waals surface area contributed by atoms with Gasteiger partial charge in [0.25, 0.3) is 11.5 Å². The predicted molar refractivity (Wildman–Crippen MR) is 91.7 cm³/mol. The lowest BCUT2D eigenvalue weighted by molar-refractivity contribution is 0.0951. The fraction of sp³-hybridized carbons (Fsp3) is 0.235. The second-order valence-electron chi connectivity index (χ2n) is 5.65. The first-order chi connectivity index (χ1) is 12.0. The number of amides is 1. The van der Waals surface area contributed by atoms with E-state index in [9.17, 15) is 9.59 Å². The molecule has 0 spiro atoms. The summed E-state index contributed by atoms with van der Waals surface area (Å²) in [6.07, 6.45) is 2.89. The van der Waals surface area contributed by atoms with Crippen LogP contribution in [0.15, 0.2) is 47.8 Å². The van der Waals surface area contributed by atoms with E-state index in [-0.39, 0.29) is 18.0 Å². The summed E-state index contributed by atoms with van der Waals surface area (Å²) in [5, 5.41) is 11.0. The number of nitrogens with zero attached hydrogens (tertiary/aromatic N) is 5. The van der Waals surface area contributed by atoms with Gasteiger partial charge in [-0.15, -0.1) is 5.10 Å². The van der Waals surface area contributed by atoms with E-state index in [2.05, 4.69) is 20.5 Å². The second kappa shape index (κ2) is 7.08. The zero-order valence-electron chi connectivity index (χ0n) is 14.0. The van der Waals surface area contributed by atoms with E-state index < -0.39 is 0 Å². The molecule has 128 valence electrons. The van der Waals surface area contributed by atoms with Gasteiger partial charge in [-0.25, -0.2) is 14.3 Å². The second-order valence-corrected chi connectivity index (χ2v) is 5.65. The minimum atomic E-state index is -0.246. The number of benzene rings is 1. The van der Waals surface area contributed by atoms with Crippen LogP contribution in [0.25, 0.3) is 5.82 Å². The third-order valence-electron chi connectivity index (χ3n) is 3.88. The summed E-state index contributed by atoms with van der Waals surface area (Å²) >= 11 is 0. The van der Waals surface area contributed by atoms with E-state index in [1.165, 1.54) is 28.1 Å². The summed E-state index contributed by atoms with van der Waals surface area (Å²) in [5.74, 6) is 0.307. The summed E-state index contributed by atoms with van der Waals surface area (Å²) in [5.41, 5.74) is 2.55. The van der Waals surface area contributed by atoms with Crippen LogP contribution in [-0.4, -0.2) is 37.0 Å². The summed E-state index contributed by atoms with van der Waals surface area (Å²) in [4.78, 5) is 28.0. The van der Waals surface area contributed by atoms with Gasteiger partial charge in [0.05, 0.1) is 6.54 Å². The Kier molecular flexibility index (Phi) is 4.69. The Morgan fingerprint density at radius 1 is 1.16 bits per heavy atom. The quantitative estimate of drug-likeness (QED) is 0.745. The highest BCUT2D eigenvalue weighted by Crippen LogP contribution is 2.09. The molecule has 1 aromatic carbocycles. The van der Waals surface area contributed by atoms with Gasteiger partial charge in [-0.3, -0.25) is 9.59 Å². The van der Waals surface area contributed by atoms with Crippen molar-refractivity contribution < 1.29 is 4.79 Å². The van der Waals surface area contributed by atoms with Crippen molar-refractivity contribution in [2.24, 2.45) is 0 Å². The van der Waals surface area contributed by atoms with Gasteiger partial charge in [-0.1, -0.05) is 6.07 Å². The first kappa shape index (κ1) is 16.6. The molecule has 25 heavy (non-hydrogen) atoms. The Morgan fingerprint density at radius 3 is 2.72 bits per heavy atom. The summed E-state index contributed by atoms with van der Waals surface area (Å²) in [6, 6.07) is 8.53. The average molecular weight is 338 g/mol. The molecule has 8 heteroatoms. The van der Waals surface area contributed by atoms with Crippen LogP contribution >= 0.6 is 0 Å². The number of aromatic nitrogens is 5. The van der Waals surface area contributed by atoms with Crippen molar-refractivity contribution >= 4 is 5.91 Å². The number of rotatable bonds is 5.